The van der Waals surface area contributed by atoms with Crippen LogP contribution in [0, 0.1) is 0 Å². The van der Waals surface area contributed by atoms with Crippen molar-refractivity contribution >= 4 is 63.2 Å². The maximum atomic E-state index is 13.3. The molecule has 2 aromatic carbocycles. The minimum Gasteiger partial charge on any atom is -0.351 e. The summed E-state index contributed by atoms with van der Waals surface area (Å²) in [7, 11) is 0. The molecule has 0 spiro atoms. The van der Waals surface area contributed by atoms with E-state index >= 15 is 0 Å². The van der Waals surface area contributed by atoms with Crippen molar-refractivity contribution in [1.29, 1.82) is 0 Å². The minimum atomic E-state index is -0.768. The zero-order valence-electron chi connectivity index (χ0n) is 17.4. The van der Waals surface area contributed by atoms with Crippen LogP contribution < -0.4 is 5.32 Å². The van der Waals surface area contributed by atoms with Gasteiger partial charge < -0.3 is 5.32 Å². The van der Waals surface area contributed by atoms with Crippen molar-refractivity contribution in [1.82, 2.24) is 10.2 Å². The lowest BCUT2D eigenvalue weighted by atomic mass is 10.1. The normalized spacial score (nSPS) is 16.7. The van der Waals surface area contributed by atoms with E-state index in [9.17, 15) is 9.59 Å². The molecule has 5 rings (SSSR count). The number of aliphatic imine (C=N–C) groups is 2. The van der Waals surface area contributed by atoms with Gasteiger partial charge in [-0.2, -0.15) is 0 Å². The molecule has 166 valence electrons. The van der Waals surface area contributed by atoms with Crippen molar-refractivity contribution in [3.05, 3.63) is 87.1 Å². The van der Waals surface area contributed by atoms with Gasteiger partial charge in [0.2, 0.25) is 5.91 Å². The molecule has 0 saturated heterocycles. The molecular weight excluding hydrogens is 476 g/mol. The van der Waals surface area contributed by atoms with Gasteiger partial charge in [-0.1, -0.05) is 53.7 Å². The van der Waals surface area contributed by atoms with Crippen LogP contribution >= 0.6 is 34.7 Å². The fraction of sp³-hybridized carbons (Fsp3) is 0.167. The Balaban J connectivity index is 1.34. The highest BCUT2D eigenvalue weighted by Gasteiger charge is 2.42. The molecule has 6 nitrogen and oxygen atoms in total. The lowest BCUT2D eigenvalue weighted by Gasteiger charge is -2.25. The number of benzene rings is 2. The number of para-hydroxylation sites is 1. The second-order valence-electron chi connectivity index (χ2n) is 7.53. The van der Waals surface area contributed by atoms with E-state index in [1.165, 1.54) is 11.8 Å². The summed E-state index contributed by atoms with van der Waals surface area (Å²) in [5.74, 6) is 0.751. The number of nitrogens with one attached hydrogen (secondary N) is 1. The number of hydrogen-bond donors (Lipinski definition) is 1. The van der Waals surface area contributed by atoms with E-state index in [-0.39, 0.29) is 18.2 Å². The topological polar surface area (TPSA) is 74.1 Å². The van der Waals surface area contributed by atoms with Crippen molar-refractivity contribution in [3.8, 4) is 0 Å². The molecule has 0 saturated carbocycles. The highest BCUT2D eigenvalue weighted by Crippen LogP contribution is 2.35. The third-order valence-electron chi connectivity index (χ3n) is 5.25. The molecular formula is C24H19ClN4O2S2. The first kappa shape index (κ1) is 21.9. The summed E-state index contributed by atoms with van der Waals surface area (Å²) in [4.78, 5) is 37.8. The van der Waals surface area contributed by atoms with Gasteiger partial charge in [-0.15, -0.1) is 11.3 Å². The number of thiophene rings is 1. The molecule has 0 aliphatic carbocycles. The summed E-state index contributed by atoms with van der Waals surface area (Å²) >= 11 is 9.03. The zero-order chi connectivity index (χ0) is 22.8. The van der Waals surface area contributed by atoms with Crippen LogP contribution in [0.2, 0.25) is 5.02 Å². The molecule has 2 amide bonds. The van der Waals surface area contributed by atoms with E-state index in [0.717, 1.165) is 21.7 Å². The van der Waals surface area contributed by atoms with Gasteiger partial charge in [-0.25, -0.2) is 9.89 Å². The summed E-state index contributed by atoms with van der Waals surface area (Å²) in [5.41, 5.74) is 2.63. The number of fused-ring (bicyclic) bond motifs is 3. The smallest absolute Gasteiger partial charge is 0.259 e. The van der Waals surface area contributed by atoms with Crippen LogP contribution in [0.1, 0.15) is 22.4 Å². The third-order valence-corrected chi connectivity index (χ3v) is 7.39. The Kier molecular flexibility index (Phi) is 6.30. The quantitative estimate of drug-likeness (QED) is 0.524. The lowest BCUT2D eigenvalue weighted by molar-refractivity contribution is -0.128. The number of carbonyl (C=O) groups is 2. The summed E-state index contributed by atoms with van der Waals surface area (Å²) in [6, 6.07) is 18.3. The van der Waals surface area contributed by atoms with E-state index < -0.39 is 6.04 Å². The number of carbonyl (C=O) groups excluding carboxylic acids is 2. The van der Waals surface area contributed by atoms with E-state index in [0.29, 0.717) is 28.3 Å². The Morgan fingerprint density at radius 1 is 1.12 bits per heavy atom. The summed E-state index contributed by atoms with van der Waals surface area (Å²) < 4.78 is 0. The monoisotopic (exact) mass is 494 g/mol. The number of nitrogens with zero attached hydrogens (tertiary/aromatic N) is 3. The molecule has 3 aromatic rings. The molecule has 0 bridgehead atoms. The largest absolute Gasteiger partial charge is 0.351 e. The predicted molar refractivity (Wildman–Crippen MR) is 134 cm³/mol. The highest BCUT2D eigenvalue weighted by atomic mass is 35.5. The van der Waals surface area contributed by atoms with Gasteiger partial charge in [-0.05, 0) is 41.3 Å². The fourth-order valence-corrected chi connectivity index (χ4v) is 5.33. The molecule has 2 aliphatic heterocycles. The third kappa shape index (κ3) is 4.73. The van der Waals surface area contributed by atoms with E-state index in [1.54, 1.807) is 16.2 Å². The predicted octanol–water partition coefficient (Wildman–Crippen LogP) is 5.00. The molecule has 9 heteroatoms. The summed E-state index contributed by atoms with van der Waals surface area (Å²) in [6.45, 7) is 0.449. The maximum Gasteiger partial charge on any atom is 0.259 e. The maximum absolute atomic E-state index is 13.3. The van der Waals surface area contributed by atoms with Crippen molar-refractivity contribution < 1.29 is 9.59 Å². The molecule has 0 fully saturated rings. The Morgan fingerprint density at radius 2 is 1.94 bits per heavy atom. The Bertz CT molecular complexity index is 1260. The number of thioether (sulfide) groups is 1. The van der Waals surface area contributed by atoms with Crippen LogP contribution in [-0.2, 0) is 21.9 Å². The van der Waals surface area contributed by atoms with Gasteiger partial charge in [0, 0.05) is 21.2 Å². The molecule has 0 unspecified atom stereocenters. The Hall–Kier alpha value is -2.94. The lowest BCUT2D eigenvalue weighted by Crippen LogP contribution is -2.42. The van der Waals surface area contributed by atoms with Crippen molar-refractivity contribution in [3.63, 3.8) is 0 Å². The molecule has 0 radical (unpaired) electrons. The number of rotatable bonds is 6. The second kappa shape index (κ2) is 9.51. The van der Waals surface area contributed by atoms with Crippen LogP contribution in [0.15, 0.2) is 76.0 Å². The van der Waals surface area contributed by atoms with E-state index in [1.807, 2.05) is 66.0 Å². The minimum absolute atomic E-state index is 0.00149. The highest BCUT2D eigenvalue weighted by molar-refractivity contribution is 8.13. The van der Waals surface area contributed by atoms with Crippen LogP contribution in [0.5, 0.6) is 0 Å². The first-order valence-electron chi connectivity index (χ1n) is 10.3. The fourth-order valence-electron chi connectivity index (χ4n) is 3.61. The molecule has 33 heavy (non-hydrogen) atoms. The zero-order valence-corrected chi connectivity index (χ0v) is 19.8. The van der Waals surface area contributed by atoms with Gasteiger partial charge in [-0.3, -0.25) is 14.6 Å². The SMILES string of the molecule is O=C(C[C@H]1N=C2c3ccccc3N=C(SCc3ccc(Cl)cc3)N2C1=O)NCc1cccs1. The average molecular weight is 495 g/mol. The van der Waals surface area contributed by atoms with Gasteiger partial charge in [0.15, 0.2) is 5.17 Å². The van der Waals surface area contributed by atoms with E-state index in [2.05, 4.69) is 10.3 Å². The number of amides is 2. The Morgan fingerprint density at radius 3 is 2.73 bits per heavy atom. The number of hydrogen-bond acceptors (Lipinski definition) is 6. The molecule has 1 aromatic heterocycles. The van der Waals surface area contributed by atoms with Crippen molar-refractivity contribution in [2.75, 3.05) is 0 Å². The Labute approximate surface area is 204 Å². The molecule has 3 heterocycles. The standard InChI is InChI=1S/C24H19ClN4O2S2/c25-16-9-7-15(8-10-16)14-33-24-28-19-6-2-1-5-18(19)22-27-20(23(31)29(22)24)12-21(30)26-13-17-4-3-11-32-17/h1-11,20H,12-14H2,(H,26,30)/t20-/m1/s1. The van der Waals surface area contributed by atoms with Crippen LogP contribution in [0.25, 0.3) is 0 Å². The average Bonchev–Trinajstić information content (AvgIpc) is 3.46. The molecule has 1 N–H and O–H groups in total. The van der Waals surface area contributed by atoms with Gasteiger partial charge >= 0.3 is 0 Å². The molecule has 2 aliphatic rings. The van der Waals surface area contributed by atoms with Crippen molar-refractivity contribution in [2.45, 2.75) is 24.8 Å². The van der Waals surface area contributed by atoms with Gasteiger partial charge in [0.25, 0.3) is 5.91 Å². The van der Waals surface area contributed by atoms with Crippen molar-refractivity contribution in [2.24, 2.45) is 9.98 Å². The summed E-state index contributed by atoms with van der Waals surface area (Å²) in [5, 5.41) is 6.09. The van der Waals surface area contributed by atoms with Gasteiger partial charge in [0.05, 0.1) is 18.7 Å². The van der Waals surface area contributed by atoms with Crippen LogP contribution in [0.4, 0.5) is 5.69 Å². The second-order valence-corrected chi connectivity index (χ2v) is 9.94. The van der Waals surface area contributed by atoms with Crippen LogP contribution in [0.3, 0.4) is 0 Å². The first-order chi connectivity index (χ1) is 16.1. The van der Waals surface area contributed by atoms with Crippen LogP contribution in [-0.4, -0.2) is 33.8 Å². The van der Waals surface area contributed by atoms with Gasteiger partial charge in [0.1, 0.15) is 11.9 Å². The number of halogens is 1. The first-order valence-corrected chi connectivity index (χ1v) is 12.6. The number of amidine groups is 2. The summed E-state index contributed by atoms with van der Waals surface area (Å²) in [6.07, 6.45) is 0.00149. The van der Waals surface area contributed by atoms with E-state index in [4.69, 9.17) is 16.6 Å². The molecule has 1 atom stereocenters.